The van der Waals surface area contributed by atoms with Gasteiger partial charge in [0, 0.05) is 30.4 Å². The zero-order chi connectivity index (χ0) is 21.4. The van der Waals surface area contributed by atoms with Crippen LogP contribution in [-0.2, 0) is 0 Å². The van der Waals surface area contributed by atoms with Gasteiger partial charge in [0.25, 0.3) is 5.91 Å². The van der Waals surface area contributed by atoms with E-state index < -0.39 is 0 Å². The van der Waals surface area contributed by atoms with Gasteiger partial charge in [-0.2, -0.15) is 5.26 Å². The molecule has 2 aliphatic rings. The first-order chi connectivity index (χ1) is 15.1. The molecule has 1 saturated heterocycles. The summed E-state index contributed by atoms with van der Waals surface area (Å²) in [5.74, 6) is 0.715. The van der Waals surface area contributed by atoms with Gasteiger partial charge in [0.15, 0.2) is 17.0 Å². The maximum absolute atomic E-state index is 13.2. The molecule has 156 valence electrons. The van der Waals surface area contributed by atoms with Gasteiger partial charge in [-0.25, -0.2) is 9.37 Å². The summed E-state index contributed by atoms with van der Waals surface area (Å²) in [4.78, 5) is 23.8. The largest absolute Gasteiger partial charge is 0.455 e. The lowest BCUT2D eigenvalue weighted by Crippen LogP contribution is -2.60. The van der Waals surface area contributed by atoms with Crippen molar-refractivity contribution in [1.29, 1.82) is 5.26 Å². The van der Waals surface area contributed by atoms with Crippen molar-refractivity contribution < 1.29 is 13.9 Å². The van der Waals surface area contributed by atoms with Gasteiger partial charge >= 0.3 is 0 Å². The highest BCUT2D eigenvalue weighted by Crippen LogP contribution is 2.44. The number of thiazole rings is 1. The second-order valence-electron chi connectivity index (χ2n) is 7.78. The third-order valence-corrected chi connectivity index (χ3v) is 6.96. The molecule has 9 heteroatoms. The van der Waals surface area contributed by atoms with Crippen LogP contribution in [0.4, 0.5) is 4.39 Å². The summed E-state index contributed by atoms with van der Waals surface area (Å²) in [5.41, 5.74) is 0.415. The van der Waals surface area contributed by atoms with Gasteiger partial charge in [-0.1, -0.05) is 0 Å². The monoisotopic (exact) mass is 435 g/mol. The van der Waals surface area contributed by atoms with E-state index in [0.29, 0.717) is 35.5 Å². The van der Waals surface area contributed by atoms with E-state index >= 15 is 0 Å². The number of pyridine rings is 1. The van der Waals surface area contributed by atoms with Crippen LogP contribution in [0.5, 0.6) is 11.5 Å². The average Bonchev–Trinajstić information content (AvgIpc) is 3.35. The van der Waals surface area contributed by atoms with Crippen LogP contribution in [0.2, 0.25) is 0 Å². The molecule has 5 rings (SSSR count). The van der Waals surface area contributed by atoms with E-state index in [1.54, 1.807) is 29.6 Å². The van der Waals surface area contributed by atoms with E-state index in [4.69, 9.17) is 4.74 Å². The number of aromatic nitrogens is 2. The number of nitrogens with one attached hydrogen (secondary N) is 1. The number of benzene rings is 1. The lowest BCUT2D eigenvalue weighted by Gasteiger charge is -2.44. The minimum atomic E-state index is -0.342. The van der Waals surface area contributed by atoms with Crippen LogP contribution in [0.1, 0.15) is 22.6 Å². The molecule has 7 nitrogen and oxygen atoms in total. The number of rotatable bonds is 5. The van der Waals surface area contributed by atoms with Crippen molar-refractivity contribution >= 4 is 17.2 Å². The number of amides is 1. The molecule has 2 aromatic heterocycles. The summed E-state index contributed by atoms with van der Waals surface area (Å²) in [6.45, 7) is 1.25. The highest BCUT2D eigenvalue weighted by molar-refractivity contribution is 7.17. The summed E-state index contributed by atoms with van der Waals surface area (Å²) in [5, 5.41) is 12.7. The highest BCUT2D eigenvalue weighted by Gasteiger charge is 2.54. The fraction of sp³-hybridized carbons (Fsp3) is 0.273. The molecular formula is C22H18FN5O2S. The normalized spacial score (nSPS) is 21.7. The SMILES string of the molecule is N#CN1CC2CC[C@]2(NC(=O)c2ncc(-c3ccncc3Oc3ccc(F)cc3)s2)C1. The Bertz CT molecular complexity index is 1180. The fourth-order valence-corrected chi connectivity index (χ4v) is 5.04. The lowest BCUT2D eigenvalue weighted by molar-refractivity contribution is 0.0762. The van der Waals surface area contributed by atoms with Gasteiger partial charge in [-0.05, 0) is 43.2 Å². The van der Waals surface area contributed by atoms with Gasteiger partial charge in [0.1, 0.15) is 11.6 Å². The summed E-state index contributed by atoms with van der Waals surface area (Å²) in [6.07, 6.45) is 8.93. The minimum Gasteiger partial charge on any atom is -0.455 e. The number of hydrogen-bond acceptors (Lipinski definition) is 7. The van der Waals surface area contributed by atoms with Crippen molar-refractivity contribution in [1.82, 2.24) is 20.2 Å². The lowest BCUT2D eigenvalue weighted by atomic mass is 9.69. The van der Waals surface area contributed by atoms with Gasteiger partial charge in [-0.3, -0.25) is 9.78 Å². The Balaban J connectivity index is 1.35. The molecule has 1 aliphatic carbocycles. The molecule has 3 heterocycles. The van der Waals surface area contributed by atoms with Crippen molar-refractivity contribution in [3.8, 4) is 28.1 Å². The zero-order valence-corrected chi connectivity index (χ0v) is 17.2. The van der Waals surface area contributed by atoms with Crippen LogP contribution >= 0.6 is 11.3 Å². The zero-order valence-electron chi connectivity index (χ0n) is 16.4. The maximum atomic E-state index is 13.2. The molecule has 1 saturated carbocycles. The van der Waals surface area contributed by atoms with Crippen molar-refractivity contribution in [2.75, 3.05) is 13.1 Å². The molecule has 1 N–H and O–H groups in total. The predicted octanol–water partition coefficient (Wildman–Crippen LogP) is 3.81. The highest BCUT2D eigenvalue weighted by atomic mass is 32.1. The summed E-state index contributed by atoms with van der Waals surface area (Å²) in [7, 11) is 0. The van der Waals surface area contributed by atoms with E-state index in [-0.39, 0.29) is 17.3 Å². The second kappa shape index (κ2) is 7.63. The van der Waals surface area contributed by atoms with E-state index in [1.807, 2.05) is 0 Å². The molecule has 3 aromatic rings. The number of halogens is 1. The number of hydrogen-bond donors (Lipinski definition) is 1. The number of nitrogens with zero attached hydrogens (tertiary/aromatic N) is 4. The summed E-state index contributed by atoms with van der Waals surface area (Å²) < 4.78 is 19.0. The Morgan fingerprint density at radius 1 is 1.32 bits per heavy atom. The van der Waals surface area contributed by atoms with Crippen molar-refractivity contribution in [3.63, 3.8) is 0 Å². The van der Waals surface area contributed by atoms with Crippen LogP contribution in [0.3, 0.4) is 0 Å². The van der Waals surface area contributed by atoms with Crippen LogP contribution in [0.25, 0.3) is 10.4 Å². The molecule has 0 bridgehead atoms. The molecule has 1 unspecified atom stereocenters. The first-order valence-corrected chi connectivity index (χ1v) is 10.7. The number of likely N-dealkylation sites (tertiary alicyclic amines) is 1. The van der Waals surface area contributed by atoms with Gasteiger partial charge in [0.05, 0.1) is 23.2 Å². The number of carbonyl (C=O) groups excluding carboxylic acids is 1. The number of nitriles is 1. The number of ether oxygens (including phenoxy) is 1. The van der Waals surface area contributed by atoms with Crippen LogP contribution < -0.4 is 10.1 Å². The first kappa shape index (κ1) is 19.5. The smallest absolute Gasteiger partial charge is 0.280 e. The van der Waals surface area contributed by atoms with E-state index in [2.05, 4.69) is 21.5 Å². The summed E-state index contributed by atoms with van der Waals surface area (Å²) >= 11 is 1.27. The molecule has 2 fully saturated rings. The third kappa shape index (κ3) is 3.59. The standard InChI is InChI=1S/C22H18FN5O2S/c23-15-1-3-16(4-2-15)30-18-9-25-8-6-17(18)19-10-26-21(31-19)20(29)27-22-7-5-14(22)11-28(12-22)13-24/h1-4,6,8-10,14H,5,7,11-12H2,(H,27,29)/t14?,22-/m0/s1. The number of carbonyl (C=O) groups is 1. The molecule has 2 atom stereocenters. The first-order valence-electron chi connectivity index (χ1n) is 9.87. The van der Waals surface area contributed by atoms with E-state index in [9.17, 15) is 14.4 Å². The Morgan fingerprint density at radius 2 is 2.16 bits per heavy atom. The van der Waals surface area contributed by atoms with Gasteiger partial charge < -0.3 is 15.0 Å². The summed E-state index contributed by atoms with van der Waals surface area (Å²) in [6, 6.07) is 7.51. The maximum Gasteiger partial charge on any atom is 0.280 e. The molecule has 1 aromatic carbocycles. The quantitative estimate of drug-likeness (QED) is 0.613. The van der Waals surface area contributed by atoms with Crippen LogP contribution in [0.15, 0.2) is 48.9 Å². The Labute approximate surface area is 182 Å². The minimum absolute atomic E-state index is 0.226. The topological polar surface area (TPSA) is 91.1 Å². The van der Waals surface area contributed by atoms with Crippen molar-refractivity contribution in [3.05, 3.63) is 59.7 Å². The van der Waals surface area contributed by atoms with Crippen LogP contribution in [-0.4, -0.2) is 39.4 Å². The molecule has 1 aliphatic heterocycles. The fourth-order valence-electron chi connectivity index (χ4n) is 4.20. The van der Waals surface area contributed by atoms with E-state index in [1.165, 1.54) is 35.6 Å². The average molecular weight is 435 g/mol. The van der Waals surface area contributed by atoms with Crippen LogP contribution in [0, 0.1) is 23.2 Å². The van der Waals surface area contributed by atoms with Gasteiger partial charge in [-0.15, -0.1) is 11.3 Å². The second-order valence-corrected chi connectivity index (χ2v) is 8.81. The molecule has 0 spiro atoms. The molecule has 0 radical (unpaired) electrons. The van der Waals surface area contributed by atoms with E-state index in [0.717, 1.165) is 23.3 Å². The number of fused-ring (bicyclic) bond motifs is 1. The Morgan fingerprint density at radius 3 is 2.90 bits per heavy atom. The Hall–Kier alpha value is -3.51. The predicted molar refractivity (Wildman–Crippen MR) is 112 cm³/mol. The molecule has 31 heavy (non-hydrogen) atoms. The third-order valence-electron chi connectivity index (χ3n) is 5.93. The molecule has 1 amide bonds. The van der Waals surface area contributed by atoms with Crippen molar-refractivity contribution in [2.45, 2.75) is 18.4 Å². The Kier molecular flexibility index (Phi) is 4.79. The van der Waals surface area contributed by atoms with Crippen molar-refractivity contribution in [2.24, 2.45) is 5.92 Å². The van der Waals surface area contributed by atoms with Gasteiger partial charge in [0.2, 0.25) is 0 Å². The molecular weight excluding hydrogens is 417 g/mol.